The van der Waals surface area contributed by atoms with Crippen LogP contribution in [0.25, 0.3) is 0 Å². The Balaban J connectivity index is 1.44. The Bertz CT molecular complexity index is 493. The standard InChI is InChI=1S/C16H20O6/c17-13(18)16(21-1-2-22-16)14(19)20-9-15-6-10-3-11(7-15)5-12(4-10)8-15/h1-2,10-12H,3-9H2,(H,17,18). The largest absolute Gasteiger partial charge is 0.475 e. The zero-order valence-corrected chi connectivity index (χ0v) is 12.3. The van der Waals surface area contributed by atoms with Crippen molar-refractivity contribution in [2.24, 2.45) is 23.2 Å². The summed E-state index contributed by atoms with van der Waals surface area (Å²) in [6.07, 6.45) is 9.30. The molecule has 0 atom stereocenters. The molecule has 0 amide bonds. The van der Waals surface area contributed by atoms with Gasteiger partial charge in [-0.25, -0.2) is 9.59 Å². The molecule has 4 bridgehead atoms. The molecule has 0 aromatic heterocycles. The van der Waals surface area contributed by atoms with Gasteiger partial charge in [-0.3, -0.25) is 0 Å². The molecule has 0 unspecified atom stereocenters. The first kappa shape index (κ1) is 13.9. The molecule has 0 aromatic rings. The van der Waals surface area contributed by atoms with E-state index in [1.165, 1.54) is 19.3 Å². The molecule has 5 rings (SSSR count). The molecule has 4 fully saturated rings. The molecule has 4 saturated carbocycles. The third kappa shape index (κ3) is 2.00. The molecule has 22 heavy (non-hydrogen) atoms. The Morgan fingerprint density at radius 3 is 2.00 bits per heavy atom. The SMILES string of the molecule is O=C(O)C1(C(=O)OCC23CC4CC(CC(C4)C2)C3)OC=CO1. The van der Waals surface area contributed by atoms with E-state index in [2.05, 4.69) is 0 Å². The minimum Gasteiger partial charge on any atom is -0.475 e. The van der Waals surface area contributed by atoms with Crippen LogP contribution in [0.15, 0.2) is 12.5 Å². The molecule has 1 heterocycles. The van der Waals surface area contributed by atoms with E-state index >= 15 is 0 Å². The van der Waals surface area contributed by atoms with Crippen LogP contribution < -0.4 is 0 Å². The number of rotatable bonds is 4. The second-order valence-corrected chi connectivity index (χ2v) is 7.42. The van der Waals surface area contributed by atoms with Gasteiger partial charge < -0.3 is 19.3 Å². The van der Waals surface area contributed by atoms with Crippen molar-refractivity contribution >= 4 is 11.9 Å². The summed E-state index contributed by atoms with van der Waals surface area (Å²) in [6.45, 7) is 0.275. The summed E-state index contributed by atoms with van der Waals surface area (Å²) in [5.41, 5.74) is 0.0378. The third-order valence-electron chi connectivity index (χ3n) is 5.75. The minimum atomic E-state index is -2.36. The van der Waals surface area contributed by atoms with Gasteiger partial charge in [0.1, 0.15) is 12.5 Å². The van der Waals surface area contributed by atoms with E-state index in [-0.39, 0.29) is 12.0 Å². The van der Waals surface area contributed by atoms with Crippen LogP contribution in [0.5, 0.6) is 0 Å². The van der Waals surface area contributed by atoms with Crippen LogP contribution in [0.4, 0.5) is 0 Å². The van der Waals surface area contributed by atoms with Crippen LogP contribution in [-0.4, -0.2) is 29.4 Å². The predicted molar refractivity (Wildman–Crippen MR) is 73.2 cm³/mol. The Morgan fingerprint density at radius 1 is 1.05 bits per heavy atom. The highest BCUT2D eigenvalue weighted by Crippen LogP contribution is 2.60. The average Bonchev–Trinajstić information content (AvgIpc) is 2.94. The van der Waals surface area contributed by atoms with E-state index in [0.29, 0.717) is 0 Å². The van der Waals surface area contributed by atoms with Gasteiger partial charge in [0.2, 0.25) is 0 Å². The van der Waals surface area contributed by atoms with E-state index in [9.17, 15) is 14.7 Å². The molecule has 0 aromatic carbocycles. The second-order valence-electron chi connectivity index (χ2n) is 7.42. The molecule has 1 N–H and O–H groups in total. The molecule has 0 spiro atoms. The number of ether oxygens (including phenoxy) is 3. The molecule has 0 saturated heterocycles. The van der Waals surface area contributed by atoms with Gasteiger partial charge in [0.05, 0.1) is 6.61 Å². The summed E-state index contributed by atoms with van der Waals surface area (Å²) in [6, 6.07) is 0. The van der Waals surface area contributed by atoms with E-state index < -0.39 is 17.7 Å². The van der Waals surface area contributed by atoms with Gasteiger partial charge in [0.15, 0.2) is 0 Å². The van der Waals surface area contributed by atoms with Crippen molar-refractivity contribution in [3.8, 4) is 0 Å². The Labute approximate surface area is 128 Å². The first-order valence-corrected chi connectivity index (χ1v) is 7.93. The first-order chi connectivity index (χ1) is 10.5. The van der Waals surface area contributed by atoms with Gasteiger partial charge in [-0.2, -0.15) is 0 Å². The fraction of sp³-hybridized carbons (Fsp3) is 0.750. The van der Waals surface area contributed by atoms with Crippen LogP contribution in [0, 0.1) is 23.2 Å². The Morgan fingerprint density at radius 2 is 1.55 bits per heavy atom. The quantitative estimate of drug-likeness (QED) is 0.632. The zero-order chi connectivity index (χ0) is 15.4. The summed E-state index contributed by atoms with van der Waals surface area (Å²) in [7, 11) is 0. The lowest BCUT2D eigenvalue weighted by Crippen LogP contribution is -2.52. The van der Waals surface area contributed by atoms with Crippen molar-refractivity contribution in [1.29, 1.82) is 0 Å². The van der Waals surface area contributed by atoms with E-state index in [1.807, 2.05) is 0 Å². The van der Waals surface area contributed by atoms with Crippen LogP contribution in [-0.2, 0) is 23.8 Å². The highest BCUT2D eigenvalue weighted by Gasteiger charge is 2.57. The first-order valence-electron chi connectivity index (χ1n) is 7.93. The smallest absolute Gasteiger partial charge is 0.452 e. The molecular weight excluding hydrogens is 288 g/mol. The maximum absolute atomic E-state index is 12.2. The fourth-order valence-electron chi connectivity index (χ4n) is 5.34. The van der Waals surface area contributed by atoms with Gasteiger partial charge in [-0.1, -0.05) is 0 Å². The summed E-state index contributed by atoms with van der Waals surface area (Å²) in [5.74, 6) is -2.58. The van der Waals surface area contributed by atoms with E-state index in [1.54, 1.807) is 0 Å². The average molecular weight is 308 g/mol. The van der Waals surface area contributed by atoms with Crippen molar-refractivity contribution in [1.82, 2.24) is 0 Å². The van der Waals surface area contributed by atoms with Crippen molar-refractivity contribution in [2.45, 2.75) is 44.3 Å². The summed E-state index contributed by atoms with van der Waals surface area (Å²) < 4.78 is 15.1. The second kappa shape index (κ2) is 4.64. The molecule has 0 radical (unpaired) electrons. The topological polar surface area (TPSA) is 82.1 Å². The van der Waals surface area contributed by atoms with Gasteiger partial charge in [0.25, 0.3) is 0 Å². The van der Waals surface area contributed by atoms with Gasteiger partial charge in [-0.15, -0.1) is 0 Å². The third-order valence-corrected chi connectivity index (χ3v) is 5.75. The molecule has 6 nitrogen and oxygen atoms in total. The highest BCUT2D eigenvalue weighted by molar-refractivity contribution is 6.01. The lowest BCUT2D eigenvalue weighted by atomic mass is 9.50. The van der Waals surface area contributed by atoms with Crippen LogP contribution >= 0.6 is 0 Å². The number of hydrogen-bond acceptors (Lipinski definition) is 5. The van der Waals surface area contributed by atoms with Gasteiger partial charge >= 0.3 is 17.7 Å². The summed E-state index contributed by atoms with van der Waals surface area (Å²) >= 11 is 0. The molecule has 1 aliphatic heterocycles. The molecule has 120 valence electrons. The van der Waals surface area contributed by atoms with Crippen molar-refractivity contribution in [2.75, 3.05) is 6.61 Å². The van der Waals surface area contributed by atoms with Gasteiger partial charge in [-0.05, 0) is 56.3 Å². The van der Waals surface area contributed by atoms with Crippen molar-refractivity contribution in [3.63, 3.8) is 0 Å². The predicted octanol–water partition coefficient (Wildman–Crippen LogP) is 2.04. The summed E-state index contributed by atoms with van der Waals surface area (Å²) in [5, 5.41) is 9.20. The van der Waals surface area contributed by atoms with Crippen LogP contribution in [0.1, 0.15) is 38.5 Å². The number of hydrogen-bond donors (Lipinski definition) is 1. The number of carboxylic acids is 1. The molecule has 5 aliphatic rings. The molecule has 6 heteroatoms. The maximum atomic E-state index is 12.2. The highest BCUT2D eigenvalue weighted by atomic mass is 16.8. The zero-order valence-electron chi connectivity index (χ0n) is 12.3. The normalized spacial score (nSPS) is 40.1. The number of aliphatic carboxylic acids is 1. The van der Waals surface area contributed by atoms with Gasteiger partial charge in [0, 0.05) is 5.41 Å². The number of esters is 1. The molecular formula is C16H20O6. The summed E-state index contributed by atoms with van der Waals surface area (Å²) in [4.78, 5) is 23.5. The lowest BCUT2D eigenvalue weighted by Gasteiger charge is -2.56. The minimum absolute atomic E-state index is 0.0378. The fourth-order valence-corrected chi connectivity index (χ4v) is 5.34. The van der Waals surface area contributed by atoms with E-state index in [0.717, 1.165) is 49.5 Å². The van der Waals surface area contributed by atoms with E-state index in [4.69, 9.17) is 14.2 Å². The van der Waals surface area contributed by atoms with Crippen molar-refractivity contribution in [3.05, 3.63) is 12.5 Å². The monoisotopic (exact) mass is 308 g/mol. The Hall–Kier alpha value is -1.72. The van der Waals surface area contributed by atoms with Crippen LogP contribution in [0.3, 0.4) is 0 Å². The molecule has 4 aliphatic carbocycles. The lowest BCUT2D eigenvalue weighted by molar-refractivity contribution is -0.217. The number of carbonyl (C=O) groups excluding carboxylic acids is 1. The number of carbonyl (C=O) groups is 2. The maximum Gasteiger partial charge on any atom is 0.452 e. The Kier molecular flexibility index (Phi) is 2.93. The number of carboxylic acid groups (broad SMARTS) is 1. The van der Waals surface area contributed by atoms with Crippen LogP contribution in [0.2, 0.25) is 0 Å². The van der Waals surface area contributed by atoms with Crippen molar-refractivity contribution < 1.29 is 28.9 Å².